The molecule has 3 aromatic rings. The zero-order chi connectivity index (χ0) is 37.9. The summed E-state index contributed by atoms with van der Waals surface area (Å²) in [5.74, 6) is -0.125. The van der Waals surface area contributed by atoms with Crippen LogP contribution in [0.5, 0.6) is 0 Å². The van der Waals surface area contributed by atoms with Gasteiger partial charge in [-0.3, -0.25) is 9.05 Å². The molecule has 14 heteroatoms. The van der Waals surface area contributed by atoms with Crippen molar-refractivity contribution in [3.8, 4) is 6.07 Å². The second-order valence-electron chi connectivity index (χ2n) is 14.1. The van der Waals surface area contributed by atoms with Crippen molar-refractivity contribution in [2.45, 2.75) is 141 Å². The maximum absolute atomic E-state index is 14.5. The van der Waals surface area contributed by atoms with Crippen molar-refractivity contribution in [3.05, 3.63) is 59.3 Å². The highest BCUT2D eigenvalue weighted by Gasteiger charge is 2.45. The molecule has 1 unspecified atom stereocenters. The number of anilines is 1. The summed E-state index contributed by atoms with van der Waals surface area (Å²) in [6.07, 6.45) is 18.3. The molecule has 4 atom stereocenters. The first kappa shape index (κ1) is 42.8. The van der Waals surface area contributed by atoms with Gasteiger partial charge in [0.1, 0.15) is 29.8 Å². The summed E-state index contributed by atoms with van der Waals surface area (Å²) in [6.45, 7) is 4.01. The molecule has 0 aliphatic carbocycles. The smallest absolute Gasteiger partial charge is 0.382 e. The summed E-state index contributed by atoms with van der Waals surface area (Å²) in [7, 11) is -4.56. The molecule has 294 valence electrons. The van der Waals surface area contributed by atoms with Gasteiger partial charge < -0.3 is 24.8 Å². The van der Waals surface area contributed by atoms with E-state index in [1.165, 1.54) is 87.5 Å². The highest BCUT2D eigenvalue weighted by atomic mass is 31.2. The number of ether oxygens (including phenoxy) is 3. The monoisotopic (exact) mass is 759 g/mol. The maximum Gasteiger partial charge on any atom is 0.472 e. The lowest BCUT2D eigenvalue weighted by Crippen LogP contribution is -2.28. The lowest BCUT2D eigenvalue weighted by molar-refractivity contribution is -0.0565. The van der Waals surface area contributed by atoms with E-state index in [4.69, 9.17) is 29.0 Å². The topological polar surface area (TPSA) is 163 Å². The van der Waals surface area contributed by atoms with Crippen molar-refractivity contribution in [3.63, 3.8) is 0 Å². The zero-order valence-corrected chi connectivity index (χ0v) is 32.5. The van der Waals surface area contributed by atoms with Gasteiger partial charge in [0, 0.05) is 12.2 Å². The summed E-state index contributed by atoms with van der Waals surface area (Å²) in [5.41, 5.74) is 6.77. The number of rotatable bonds is 27. The maximum atomic E-state index is 14.5. The van der Waals surface area contributed by atoms with Crippen LogP contribution < -0.4 is 5.73 Å². The molecule has 1 aliphatic rings. The molecule has 0 radical (unpaired) electrons. The third kappa shape index (κ3) is 14.0. The Morgan fingerprint density at radius 3 is 2.38 bits per heavy atom. The number of halogens is 1. The molecule has 3 heterocycles. The van der Waals surface area contributed by atoms with Crippen molar-refractivity contribution < 1.29 is 37.1 Å². The highest BCUT2D eigenvalue weighted by molar-refractivity contribution is 7.47. The van der Waals surface area contributed by atoms with Crippen LogP contribution in [-0.2, 0) is 40.0 Å². The van der Waals surface area contributed by atoms with Gasteiger partial charge in [-0.25, -0.2) is 18.5 Å². The van der Waals surface area contributed by atoms with Gasteiger partial charge in [-0.2, -0.15) is 10.4 Å². The van der Waals surface area contributed by atoms with E-state index in [2.05, 4.69) is 23.1 Å². The molecule has 0 spiro atoms. The van der Waals surface area contributed by atoms with Crippen LogP contribution in [0, 0.1) is 24.1 Å². The van der Waals surface area contributed by atoms with Crippen LogP contribution in [0.4, 0.5) is 10.2 Å². The van der Waals surface area contributed by atoms with E-state index in [0.717, 1.165) is 24.8 Å². The van der Waals surface area contributed by atoms with Crippen LogP contribution in [-0.4, -0.2) is 58.1 Å². The molecular formula is C39H59FN5O7P. The Morgan fingerprint density at radius 2 is 1.72 bits per heavy atom. The number of phosphoric acid groups is 1. The highest BCUT2D eigenvalue weighted by Crippen LogP contribution is 2.46. The van der Waals surface area contributed by atoms with E-state index in [9.17, 15) is 19.1 Å². The zero-order valence-electron chi connectivity index (χ0n) is 31.6. The number of nitrogen functional groups attached to an aromatic ring is 1. The quantitative estimate of drug-likeness (QED) is 0.0564. The standard InChI is InChI=1S/C39H59FN5O7P/c1-3-4-5-6-7-8-9-10-11-12-13-14-15-16-23-48-26-34(49-25-32-18-17-31(2)24-35(32)40)28-51-53(46,47)50-27-33-21-22-39(29-41,52-33)37-20-19-36-38(42)43-30-44-45(36)37/h17-20,24,30,33-34H,3-16,21-23,25-28H2,1-2H3,(H,46,47)(H2,42,43,44)/t33-,34+,39-/m0/s1. The van der Waals surface area contributed by atoms with Gasteiger partial charge in [-0.15, -0.1) is 0 Å². The lowest BCUT2D eigenvalue weighted by atomic mass is 9.98. The van der Waals surface area contributed by atoms with Crippen LogP contribution in [0.15, 0.2) is 36.7 Å². The number of hydrogen-bond donors (Lipinski definition) is 2. The Hall–Kier alpha value is -2.95. The summed E-state index contributed by atoms with van der Waals surface area (Å²) in [5, 5.41) is 14.3. The van der Waals surface area contributed by atoms with Crippen LogP contribution in [0.25, 0.3) is 5.52 Å². The Morgan fingerprint density at radius 1 is 1.04 bits per heavy atom. The summed E-state index contributed by atoms with van der Waals surface area (Å²) < 4.78 is 57.5. The van der Waals surface area contributed by atoms with Gasteiger partial charge in [-0.1, -0.05) is 103 Å². The van der Waals surface area contributed by atoms with Gasteiger partial charge in [0.15, 0.2) is 11.4 Å². The van der Waals surface area contributed by atoms with Gasteiger partial charge in [0.2, 0.25) is 0 Å². The molecule has 53 heavy (non-hydrogen) atoms. The van der Waals surface area contributed by atoms with Crippen LogP contribution >= 0.6 is 7.82 Å². The van der Waals surface area contributed by atoms with Crippen molar-refractivity contribution in [1.82, 2.24) is 14.6 Å². The Bertz CT molecular complexity index is 1620. The van der Waals surface area contributed by atoms with Gasteiger partial charge >= 0.3 is 7.82 Å². The summed E-state index contributed by atoms with van der Waals surface area (Å²) in [6, 6.07) is 10.5. The van der Waals surface area contributed by atoms with E-state index in [1.54, 1.807) is 31.2 Å². The Labute approximate surface area is 314 Å². The van der Waals surface area contributed by atoms with E-state index in [1.807, 2.05) is 0 Å². The van der Waals surface area contributed by atoms with Crippen molar-refractivity contribution in [1.29, 1.82) is 5.26 Å². The Balaban J connectivity index is 1.17. The second-order valence-corrected chi connectivity index (χ2v) is 15.6. The molecule has 1 aliphatic heterocycles. The van der Waals surface area contributed by atoms with Crippen LogP contribution in [0.3, 0.4) is 0 Å². The fraction of sp³-hybridized carbons (Fsp3) is 0.667. The van der Waals surface area contributed by atoms with Gasteiger partial charge in [-0.05, 0) is 49.9 Å². The average Bonchev–Trinajstić information content (AvgIpc) is 3.78. The lowest BCUT2D eigenvalue weighted by Gasteiger charge is -2.23. The molecule has 0 bridgehead atoms. The Kier molecular flexibility index (Phi) is 18.1. The van der Waals surface area contributed by atoms with Crippen molar-refractivity contribution in [2.75, 3.05) is 32.2 Å². The average molecular weight is 760 g/mol. The van der Waals surface area contributed by atoms with Crippen LogP contribution in [0.1, 0.15) is 126 Å². The molecule has 2 aromatic heterocycles. The van der Waals surface area contributed by atoms with E-state index >= 15 is 0 Å². The molecule has 1 fully saturated rings. The number of unbranched alkanes of at least 4 members (excludes halogenated alkanes) is 13. The number of aromatic nitrogens is 3. The minimum atomic E-state index is -4.56. The molecular weight excluding hydrogens is 700 g/mol. The first-order chi connectivity index (χ1) is 25.7. The molecule has 4 rings (SSSR count). The molecule has 1 aromatic carbocycles. The number of phosphoric ester groups is 1. The molecule has 3 N–H and O–H groups in total. The fourth-order valence-corrected chi connectivity index (χ4v) is 7.38. The van der Waals surface area contributed by atoms with Crippen molar-refractivity contribution >= 4 is 19.2 Å². The normalized spacial score (nSPS) is 19.0. The number of nitriles is 1. The summed E-state index contributed by atoms with van der Waals surface area (Å²) in [4.78, 5) is 14.5. The third-order valence-electron chi connectivity index (χ3n) is 9.74. The summed E-state index contributed by atoms with van der Waals surface area (Å²) >= 11 is 0. The van der Waals surface area contributed by atoms with E-state index < -0.39 is 31.4 Å². The van der Waals surface area contributed by atoms with Gasteiger partial charge in [0.05, 0.1) is 38.2 Å². The molecule has 0 saturated carbocycles. The number of fused-ring (bicyclic) bond motifs is 1. The largest absolute Gasteiger partial charge is 0.472 e. The van der Waals surface area contributed by atoms with Crippen LogP contribution in [0.2, 0.25) is 0 Å². The van der Waals surface area contributed by atoms with E-state index in [-0.39, 0.29) is 32.2 Å². The van der Waals surface area contributed by atoms with E-state index in [0.29, 0.717) is 36.2 Å². The SMILES string of the molecule is CCCCCCCCCCCCCCCCOC[C@H](COP(=O)(O)OC[C@@H]1CC[C@](C#N)(c2ccc3c(N)ncnn23)O1)OCc1ccc(C)cc1F. The van der Waals surface area contributed by atoms with Crippen molar-refractivity contribution in [2.24, 2.45) is 0 Å². The predicted octanol–water partition coefficient (Wildman–Crippen LogP) is 8.87. The second kappa shape index (κ2) is 22.4. The predicted molar refractivity (Wildman–Crippen MR) is 201 cm³/mol. The first-order valence-corrected chi connectivity index (χ1v) is 20.9. The molecule has 12 nitrogen and oxygen atoms in total. The number of nitrogens with two attached hydrogens (primary N) is 1. The first-order valence-electron chi connectivity index (χ1n) is 19.4. The number of nitrogens with zero attached hydrogens (tertiary/aromatic N) is 4. The number of aryl methyl sites for hydroxylation is 1. The molecule has 0 amide bonds. The fourth-order valence-electron chi connectivity index (χ4n) is 6.60. The minimum absolute atomic E-state index is 0.0594. The number of hydrogen-bond acceptors (Lipinski definition) is 10. The minimum Gasteiger partial charge on any atom is -0.382 e. The van der Waals surface area contributed by atoms with Gasteiger partial charge in [0.25, 0.3) is 0 Å². The number of benzene rings is 1. The molecule has 1 saturated heterocycles. The third-order valence-corrected chi connectivity index (χ3v) is 10.7.